The molecule has 27 heavy (non-hydrogen) atoms. The van der Waals surface area contributed by atoms with Crippen LogP contribution in [0.15, 0.2) is 24.5 Å². The number of anilines is 1. The Kier molecular flexibility index (Phi) is 4.21. The standard InChI is InChI=1S/C17H17N7O2S/c1-9-10(2)27-17(24-8-18-21-22-24)15(9)16(26)19-11-4-5-13-12(6-11)20-14(7-25)23(13)3/h4-6,8,25H,7H2,1-3H3,(H,19,26). The highest BCUT2D eigenvalue weighted by Gasteiger charge is 2.22. The van der Waals surface area contributed by atoms with Gasteiger partial charge in [-0.2, -0.15) is 4.68 Å². The molecule has 2 N–H and O–H groups in total. The summed E-state index contributed by atoms with van der Waals surface area (Å²) in [4.78, 5) is 18.4. The molecule has 0 aliphatic carbocycles. The zero-order valence-electron chi connectivity index (χ0n) is 15.0. The second kappa shape index (κ2) is 6.56. The number of rotatable bonds is 4. The number of amides is 1. The number of hydrogen-bond donors (Lipinski definition) is 2. The highest BCUT2D eigenvalue weighted by molar-refractivity contribution is 7.15. The number of carbonyl (C=O) groups is 1. The number of nitrogens with zero attached hydrogens (tertiary/aromatic N) is 6. The minimum absolute atomic E-state index is 0.143. The summed E-state index contributed by atoms with van der Waals surface area (Å²) in [5.41, 5.74) is 3.65. The number of fused-ring (bicyclic) bond motifs is 1. The average Bonchev–Trinajstić information content (AvgIpc) is 3.35. The minimum Gasteiger partial charge on any atom is -0.388 e. The molecule has 0 saturated heterocycles. The fourth-order valence-electron chi connectivity index (χ4n) is 2.95. The number of aliphatic hydroxyl groups excluding tert-OH is 1. The molecule has 0 aliphatic rings. The van der Waals surface area contributed by atoms with Crippen molar-refractivity contribution >= 4 is 34.0 Å². The third kappa shape index (κ3) is 2.88. The van der Waals surface area contributed by atoms with Crippen LogP contribution in [0.2, 0.25) is 0 Å². The lowest BCUT2D eigenvalue weighted by Gasteiger charge is -2.07. The SMILES string of the molecule is Cc1sc(-n2cnnn2)c(C(=O)Nc2ccc3c(c2)nc(CO)n3C)c1C. The van der Waals surface area contributed by atoms with Crippen molar-refractivity contribution in [1.82, 2.24) is 29.8 Å². The molecule has 0 bridgehead atoms. The number of tetrazole rings is 1. The minimum atomic E-state index is -0.236. The lowest BCUT2D eigenvalue weighted by molar-refractivity contribution is 0.102. The molecule has 0 spiro atoms. The topological polar surface area (TPSA) is 111 Å². The van der Waals surface area contributed by atoms with Gasteiger partial charge in [0.25, 0.3) is 5.91 Å². The van der Waals surface area contributed by atoms with Crippen molar-refractivity contribution < 1.29 is 9.90 Å². The molecular formula is C17H17N7O2S. The predicted molar refractivity (Wildman–Crippen MR) is 101 cm³/mol. The number of aromatic nitrogens is 6. The van der Waals surface area contributed by atoms with Gasteiger partial charge in [-0.05, 0) is 48.0 Å². The molecule has 0 radical (unpaired) electrons. The third-order valence-corrected chi connectivity index (χ3v) is 5.72. The average molecular weight is 383 g/mol. The van der Waals surface area contributed by atoms with Gasteiger partial charge in [0.2, 0.25) is 0 Å². The molecule has 1 amide bonds. The summed E-state index contributed by atoms with van der Waals surface area (Å²) in [7, 11) is 1.84. The van der Waals surface area contributed by atoms with Crippen LogP contribution in [0.3, 0.4) is 0 Å². The van der Waals surface area contributed by atoms with Crippen LogP contribution < -0.4 is 5.32 Å². The van der Waals surface area contributed by atoms with Gasteiger partial charge >= 0.3 is 0 Å². The summed E-state index contributed by atoms with van der Waals surface area (Å²) in [6.07, 6.45) is 1.47. The van der Waals surface area contributed by atoms with E-state index in [0.717, 1.165) is 16.0 Å². The van der Waals surface area contributed by atoms with Crippen LogP contribution in [-0.4, -0.2) is 40.8 Å². The Hall–Kier alpha value is -3.11. The van der Waals surface area contributed by atoms with Crippen molar-refractivity contribution in [1.29, 1.82) is 0 Å². The second-order valence-electron chi connectivity index (χ2n) is 6.12. The summed E-state index contributed by atoms with van der Waals surface area (Å²) in [6, 6.07) is 5.47. The normalized spacial score (nSPS) is 11.3. The quantitative estimate of drug-likeness (QED) is 0.557. The van der Waals surface area contributed by atoms with Crippen LogP contribution in [0.1, 0.15) is 26.6 Å². The molecule has 0 atom stereocenters. The van der Waals surface area contributed by atoms with Crippen molar-refractivity contribution in [3.63, 3.8) is 0 Å². The van der Waals surface area contributed by atoms with Gasteiger partial charge < -0.3 is 15.0 Å². The lowest BCUT2D eigenvalue weighted by atomic mass is 10.1. The summed E-state index contributed by atoms with van der Waals surface area (Å²) < 4.78 is 3.32. The molecule has 3 aromatic heterocycles. The predicted octanol–water partition coefficient (Wildman–Crippen LogP) is 1.97. The number of carbonyl (C=O) groups excluding carboxylic acids is 1. The smallest absolute Gasteiger partial charge is 0.259 e. The molecule has 0 fully saturated rings. The fraction of sp³-hybridized carbons (Fsp3) is 0.235. The Morgan fingerprint density at radius 1 is 1.33 bits per heavy atom. The van der Waals surface area contributed by atoms with Gasteiger partial charge in [-0.25, -0.2) is 4.98 Å². The van der Waals surface area contributed by atoms with Crippen LogP contribution in [0, 0.1) is 13.8 Å². The van der Waals surface area contributed by atoms with E-state index in [1.807, 2.05) is 37.6 Å². The molecule has 9 nitrogen and oxygen atoms in total. The van der Waals surface area contributed by atoms with Crippen molar-refractivity contribution in [3.8, 4) is 5.00 Å². The first-order valence-electron chi connectivity index (χ1n) is 8.20. The van der Waals surface area contributed by atoms with E-state index in [0.29, 0.717) is 27.6 Å². The van der Waals surface area contributed by atoms with Gasteiger partial charge in [0, 0.05) is 17.6 Å². The summed E-state index contributed by atoms with van der Waals surface area (Å²) in [6.45, 7) is 3.72. The van der Waals surface area contributed by atoms with Crippen LogP contribution in [0.25, 0.3) is 16.0 Å². The number of hydrogen-bond acceptors (Lipinski definition) is 7. The molecule has 0 aliphatic heterocycles. The molecule has 3 heterocycles. The largest absolute Gasteiger partial charge is 0.388 e. The van der Waals surface area contributed by atoms with Crippen LogP contribution >= 0.6 is 11.3 Å². The first-order chi connectivity index (χ1) is 13.0. The van der Waals surface area contributed by atoms with E-state index in [1.165, 1.54) is 22.3 Å². The highest BCUT2D eigenvalue weighted by atomic mass is 32.1. The molecular weight excluding hydrogens is 366 g/mol. The molecule has 4 rings (SSSR count). The van der Waals surface area contributed by atoms with Crippen LogP contribution in [-0.2, 0) is 13.7 Å². The van der Waals surface area contributed by atoms with E-state index in [-0.39, 0.29) is 12.5 Å². The molecule has 138 valence electrons. The first-order valence-corrected chi connectivity index (χ1v) is 9.02. The van der Waals surface area contributed by atoms with Gasteiger partial charge in [-0.3, -0.25) is 4.79 Å². The third-order valence-electron chi connectivity index (χ3n) is 4.52. The maximum atomic E-state index is 13.0. The van der Waals surface area contributed by atoms with E-state index in [9.17, 15) is 9.90 Å². The Morgan fingerprint density at radius 2 is 2.15 bits per heavy atom. The fourth-order valence-corrected chi connectivity index (χ4v) is 4.02. The van der Waals surface area contributed by atoms with Crippen molar-refractivity contribution in [2.75, 3.05) is 5.32 Å². The van der Waals surface area contributed by atoms with Crippen LogP contribution in [0.4, 0.5) is 5.69 Å². The number of imidazole rings is 1. The zero-order chi connectivity index (χ0) is 19.1. The van der Waals surface area contributed by atoms with E-state index in [4.69, 9.17) is 0 Å². The van der Waals surface area contributed by atoms with E-state index in [2.05, 4.69) is 25.8 Å². The molecule has 0 unspecified atom stereocenters. The second-order valence-corrected chi connectivity index (χ2v) is 7.32. The van der Waals surface area contributed by atoms with Gasteiger partial charge in [0.05, 0.1) is 16.6 Å². The Morgan fingerprint density at radius 3 is 2.85 bits per heavy atom. The zero-order valence-corrected chi connectivity index (χ0v) is 15.8. The maximum Gasteiger partial charge on any atom is 0.259 e. The van der Waals surface area contributed by atoms with Gasteiger partial charge in [-0.1, -0.05) is 0 Å². The highest BCUT2D eigenvalue weighted by Crippen LogP contribution is 2.31. The van der Waals surface area contributed by atoms with Crippen molar-refractivity contribution in [2.24, 2.45) is 7.05 Å². The summed E-state index contributed by atoms with van der Waals surface area (Å²) in [5.74, 6) is 0.332. The van der Waals surface area contributed by atoms with Gasteiger partial charge in [-0.15, -0.1) is 16.4 Å². The van der Waals surface area contributed by atoms with Crippen LogP contribution in [0.5, 0.6) is 0 Å². The van der Waals surface area contributed by atoms with Crippen molar-refractivity contribution in [2.45, 2.75) is 20.5 Å². The van der Waals surface area contributed by atoms with E-state index in [1.54, 1.807) is 6.07 Å². The Balaban J connectivity index is 1.70. The lowest BCUT2D eigenvalue weighted by Crippen LogP contribution is -2.15. The summed E-state index contributed by atoms with van der Waals surface area (Å²) >= 11 is 1.46. The Bertz CT molecular complexity index is 1140. The number of nitrogens with one attached hydrogen (secondary N) is 1. The monoisotopic (exact) mass is 383 g/mol. The van der Waals surface area contributed by atoms with E-state index >= 15 is 0 Å². The van der Waals surface area contributed by atoms with Crippen molar-refractivity contribution in [3.05, 3.63) is 46.4 Å². The molecule has 0 saturated carbocycles. The molecule has 1 aromatic carbocycles. The van der Waals surface area contributed by atoms with Gasteiger partial charge in [0.15, 0.2) is 0 Å². The molecule has 4 aromatic rings. The maximum absolute atomic E-state index is 13.0. The number of benzene rings is 1. The molecule has 10 heteroatoms. The number of thiophene rings is 1. The number of aryl methyl sites for hydroxylation is 2. The first kappa shape index (κ1) is 17.3. The Labute approximate surface area is 158 Å². The van der Waals surface area contributed by atoms with Gasteiger partial charge in [0.1, 0.15) is 23.8 Å². The summed E-state index contributed by atoms with van der Waals surface area (Å²) in [5, 5.41) is 24.2. The van der Waals surface area contributed by atoms with E-state index < -0.39 is 0 Å². The number of aliphatic hydroxyl groups is 1.